The minimum Gasteiger partial charge on any atom is -0.486 e. The first-order chi connectivity index (χ1) is 11.7. The van der Waals surface area contributed by atoms with Crippen LogP contribution < -0.4 is 19.3 Å². The summed E-state index contributed by atoms with van der Waals surface area (Å²) in [4.78, 5) is 3.15. The zero-order chi connectivity index (χ0) is 16.8. The number of fused-ring (bicyclic) bond motifs is 1. The average molecular weight is 338 g/mol. The maximum absolute atomic E-state index is 10.2. The van der Waals surface area contributed by atoms with Gasteiger partial charge in [-0.1, -0.05) is 12.1 Å². The molecule has 1 aromatic carbocycles. The molecule has 0 radical (unpaired) electrons. The largest absolute Gasteiger partial charge is 0.486 e. The van der Waals surface area contributed by atoms with E-state index < -0.39 is 6.10 Å². The molecule has 2 heterocycles. The lowest BCUT2D eigenvalue weighted by Crippen LogP contribution is -3.28. The fourth-order valence-corrected chi connectivity index (χ4v) is 3.39. The lowest BCUT2D eigenvalue weighted by atomic mass is 10.2. The minimum absolute atomic E-state index is 0.115. The molecule has 0 aliphatic carbocycles. The van der Waals surface area contributed by atoms with Crippen molar-refractivity contribution in [3.05, 3.63) is 24.3 Å². The van der Waals surface area contributed by atoms with Crippen LogP contribution in [-0.2, 0) is 4.74 Å². The van der Waals surface area contributed by atoms with Crippen molar-refractivity contribution in [3.8, 4) is 11.5 Å². The molecule has 1 fully saturated rings. The van der Waals surface area contributed by atoms with Crippen molar-refractivity contribution in [1.82, 2.24) is 0 Å². The van der Waals surface area contributed by atoms with Gasteiger partial charge in [0.15, 0.2) is 17.6 Å². The first-order valence-corrected chi connectivity index (χ1v) is 9.06. The summed E-state index contributed by atoms with van der Waals surface area (Å²) >= 11 is 0. The Balaban J connectivity index is 1.32. The fourth-order valence-electron chi connectivity index (χ4n) is 3.39. The topological polar surface area (TPSA) is 56.8 Å². The highest BCUT2D eigenvalue weighted by atomic mass is 16.6. The van der Waals surface area contributed by atoms with E-state index in [2.05, 4.69) is 6.92 Å². The van der Waals surface area contributed by atoms with Crippen LogP contribution in [0.4, 0.5) is 0 Å². The predicted octanol–water partition coefficient (Wildman–Crippen LogP) is -1.99. The summed E-state index contributed by atoms with van der Waals surface area (Å²) in [6, 6.07) is 7.66. The number of aliphatic hydroxyl groups is 1. The van der Waals surface area contributed by atoms with Crippen LogP contribution in [0.15, 0.2) is 24.3 Å². The minimum atomic E-state index is -0.417. The van der Waals surface area contributed by atoms with Crippen LogP contribution in [0.3, 0.4) is 0 Å². The molecule has 2 unspecified atom stereocenters. The first kappa shape index (κ1) is 17.5. The van der Waals surface area contributed by atoms with Gasteiger partial charge in [-0.3, -0.25) is 0 Å². The molecule has 0 saturated carbocycles. The molecule has 2 aliphatic rings. The molecule has 134 valence electrons. The number of quaternary nitrogens is 2. The number of piperazine rings is 1. The Morgan fingerprint density at radius 2 is 1.88 bits per heavy atom. The summed E-state index contributed by atoms with van der Waals surface area (Å²) in [6.07, 6.45) is -0.531. The highest BCUT2D eigenvalue weighted by Crippen LogP contribution is 2.30. The number of nitrogens with one attached hydrogen (secondary N) is 2. The molecular weight excluding hydrogens is 308 g/mol. The molecule has 3 rings (SSSR count). The van der Waals surface area contributed by atoms with Crippen molar-refractivity contribution in [3.63, 3.8) is 0 Å². The van der Waals surface area contributed by atoms with E-state index in [4.69, 9.17) is 14.2 Å². The third-order valence-electron chi connectivity index (χ3n) is 4.87. The van der Waals surface area contributed by atoms with E-state index in [-0.39, 0.29) is 6.10 Å². The summed E-state index contributed by atoms with van der Waals surface area (Å²) < 4.78 is 17.2. The molecular formula is C18H30N2O4+2. The lowest BCUT2D eigenvalue weighted by Gasteiger charge is -2.30. The Bertz CT molecular complexity index is 506. The molecule has 2 atom stereocenters. The van der Waals surface area contributed by atoms with Gasteiger partial charge < -0.3 is 29.1 Å². The van der Waals surface area contributed by atoms with Crippen molar-refractivity contribution in [2.75, 3.05) is 59.1 Å². The van der Waals surface area contributed by atoms with E-state index in [1.807, 2.05) is 24.3 Å². The number of benzene rings is 1. The van der Waals surface area contributed by atoms with E-state index in [1.54, 1.807) is 4.90 Å². The number of likely N-dealkylation sites (N-methyl/N-ethyl adjacent to an activating group) is 1. The van der Waals surface area contributed by atoms with Crippen molar-refractivity contribution in [2.24, 2.45) is 0 Å². The third kappa shape index (κ3) is 4.83. The highest BCUT2D eigenvalue weighted by Gasteiger charge is 2.25. The quantitative estimate of drug-likeness (QED) is 0.539. The van der Waals surface area contributed by atoms with Gasteiger partial charge in [-0.25, -0.2) is 0 Å². The highest BCUT2D eigenvalue weighted by molar-refractivity contribution is 5.40. The van der Waals surface area contributed by atoms with Crippen LogP contribution in [0.25, 0.3) is 0 Å². The second-order valence-electron chi connectivity index (χ2n) is 6.75. The molecule has 24 heavy (non-hydrogen) atoms. The Hall–Kier alpha value is -1.34. The van der Waals surface area contributed by atoms with E-state index in [0.717, 1.165) is 31.1 Å². The summed E-state index contributed by atoms with van der Waals surface area (Å²) in [5.74, 6) is 1.55. The average Bonchev–Trinajstić information content (AvgIpc) is 2.62. The van der Waals surface area contributed by atoms with E-state index in [9.17, 15) is 5.11 Å². The van der Waals surface area contributed by atoms with Gasteiger partial charge in [0.05, 0.1) is 19.8 Å². The standard InChI is InChI=1S/C18H28N2O4/c1-2-19-7-9-20(10-8-19)11-15(21)12-22-13-16-14-23-17-5-3-4-6-18(17)24-16/h3-6,15-16,21H,2,7-14H2,1H3/p+2. The molecule has 1 aromatic rings. The maximum Gasteiger partial charge on any atom is 0.161 e. The molecule has 1 saturated heterocycles. The number of aliphatic hydroxyl groups excluding tert-OH is 1. The van der Waals surface area contributed by atoms with Crippen molar-refractivity contribution in [2.45, 2.75) is 19.1 Å². The van der Waals surface area contributed by atoms with E-state index >= 15 is 0 Å². The van der Waals surface area contributed by atoms with Crippen LogP contribution in [0.5, 0.6) is 11.5 Å². The van der Waals surface area contributed by atoms with E-state index in [1.165, 1.54) is 24.5 Å². The Morgan fingerprint density at radius 1 is 1.17 bits per heavy atom. The summed E-state index contributed by atoms with van der Waals surface area (Å²) in [5.41, 5.74) is 0. The fraction of sp³-hybridized carbons (Fsp3) is 0.667. The van der Waals surface area contributed by atoms with Gasteiger partial charge in [0.1, 0.15) is 45.4 Å². The van der Waals surface area contributed by atoms with Crippen molar-refractivity contribution in [1.29, 1.82) is 0 Å². The van der Waals surface area contributed by atoms with Crippen LogP contribution in [0.1, 0.15) is 6.92 Å². The molecule has 3 N–H and O–H groups in total. The van der Waals surface area contributed by atoms with Gasteiger partial charge in [-0.05, 0) is 19.1 Å². The first-order valence-electron chi connectivity index (χ1n) is 9.06. The van der Waals surface area contributed by atoms with Crippen LogP contribution in [0, 0.1) is 0 Å². The number of ether oxygens (including phenoxy) is 3. The summed E-state index contributed by atoms with van der Waals surface area (Å²) in [7, 11) is 0. The van der Waals surface area contributed by atoms with Crippen LogP contribution in [0.2, 0.25) is 0 Å². The molecule has 6 nitrogen and oxygen atoms in total. The molecule has 6 heteroatoms. The van der Waals surface area contributed by atoms with Gasteiger partial charge >= 0.3 is 0 Å². The third-order valence-corrected chi connectivity index (χ3v) is 4.87. The smallest absolute Gasteiger partial charge is 0.161 e. The van der Waals surface area contributed by atoms with Gasteiger partial charge in [-0.2, -0.15) is 0 Å². The maximum atomic E-state index is 10.2. The molecule has 0 bridgehead atoms. The van der Waals surface area contributed by atoms with Crippen molar-refractivity contribution >= 4 is 0 Å². The number of para-hydroxylation sites is 2. The number of rotatable bonds is 7. The number of hydrogen-bond donors (Lipinski definition) is 3. The molecule has 0 amide bonds. The molecule has 0 spiro atoms. The van der Waals surface area contributed by atoms with Gasteiger partial charge in [0.25, 0.3) is 0 Å². The predicted molar refractivity (Wildman–Crippen MR) is 90.0 cm³/mol. The van der Waals surface area contributed by atoms with Crippen molar-refractivity contribution < 1.29 is 29.1 Å². The van der Waals surface area contributed by atoms with Gasteiger partial charge in [0, 0.05) is 0 Å². The zero-order valence-corrected chi connectivity index (χ0v) is 14.5. The van der Waals surface area contributed by atoms with E-state index in [0.29, 0.717) is 19.8 Å². The summed E-state index contributed by atoms with van der Waals surface area (Å²) in [6.45, 7) is 10.2. The normalized spacial score (nSPS) is 27.7. The molecule has 0 aromatic heterocycles. The van der Waals surface area contributed by atoms with Crippen LogP contribution >= 0.6 is 0 Å². The van der Waals surface area contributed by atoms with Gasteiger partial charge in [0.2, 0.25) is 0 Å². The summed E-state index contributed by atoms with van der Waals surface area (Å²) in [5, 5.41) is 10.2. The Labute approximate surface area is 143 Å². The van der Waals surface area contributed by atoms with Crippen LogP contribution in [-0.4, -0.2) is 76.4 Å². The second kappa shape index (κ2) is 8.67. The molecule has 2 aliphatic heterocycles. The Kier molecular flexibility index (Phi) is 6.31. The Morgan fingerprint density at radius 3 is 2.62 bits per heavy atom. The monoisotopic (exact) mass is 338 g/mol. The number of hydrogen-bond acceptors (Lipinski definition) is 4. The SMILES string of the molecule is CC[NH+]1CC[NH+](CC(O)COCC2COc3ccccc3O2)CC1. The van der Waals surface area contributed by atoms with Gasteiger partial charge in [-0.15, -0.1) is 0 Å². The lowest BCUT2D eigenvalue weighted by molar-refractivity contribution is -1.01. The second-order valence-corrected chi connectivity index (χ2v) is 6.75. The zero-order valence-electron chi connectivity index (χ0n) is 14.5.